The minimum absolute atomic E-state index is 0.251. The third kappa shape index (κ3) is 4.02. The second kappa shape index (κ2) is 6.31. The highest BCUT2D eigenvalue weighted by Gasteiger charge is 2.27. The zero-order valence-electron chi connectivity index (χ0n) is 11.6. The van der Waals surface area contributed by atoms with Crippen molar-refractivity contribution in [2.75, 3.05) is 5.75 Å². The molecule has 1 amide bonds. The van der Waals surface area contributed by atoms with Crippen LogP contribution in [-0.4, -0.2) is 41.7 Å². The highest BCUT2D eigenvalue weighted by atomic mass is 32.2. The number of nitrogens with one attached hydrogen (secondary N) is 1. The van der Waals surface area contributed by atoms with E-state index in [0.29, 0.717) is 5.39 Å². The molecular weight excluding hydrogens is 329 g/mol. The van der Waals surface area contributed by atoms with E-state index >= 15 is 0 Å². The molecule has 2 aromatic rings. The van der Waals surface area contributed by atoms with E-state index < -0.39 is 45.2 Å². The molecule has 122 valence electrons. The Balaban J connectivity index is 2.40. The van der Waals surface area contributed by atoms with Gasteiger partial charge in [-0.15, -0.1) is 0 Å². The van der Waals surface area contributed by atoms with Crippen molar-refractivity contribution in [2.45, 2.75) is 6.04 Å². The van der Waals surface area contributed by atoms with Crippen LogP contribution in [0.4, 0.5) is 4.39 Å². The van der Waals surface area contributed by atoms with E-state index in [4.69, 9.17) is 9.66 Å². The van der Waals surface area contributed by atoms with Crippen LogP contribution in [0.15, 0.2) is 36.4 Å². The Labute approximate surface area is 130 Å². The number of fused-ring (bicyclic) bond motifs is 1. The van der Waals surface area contributed by atoms with E-state index in [1.54, 1.807) is 18.2 Å². The number of carboxylic acids is 1. The maximum atomic E-state index is 14.0. The Hall–Kier alpha value is -2.52. The number of aliphatic carboxylic acids is 1. The van der Waals surface area contributed by atoms with Gasteiger partial charge in [0.1, 0.15) is 17.6 Å². The molecule has 0 aliphatic carbocycles. The van der Waals surface area contributed by atoms with E-state index in [9.17, 15) is 22.4 Å². The van der Waals surface area contributed by atoms with E-state index in [0.717, 1.165) is 6.07 Å². The van der Waals surface area contributed by atoms with Gasteiger partial charge in [0.2, 0.25) is 0 Å². The SMILES string of the molecule is O=C(N[C@@H](CS(=O)(=O)O)C(=O)O)c1c(F)ccc2ccccc12. The molecule has 0 aliphatic rings. The Morgan fingerprint density at radius 2 is 1.83 bits per heavy atom. The van der Waals surface area contributed by atoms with Gasteiger partial charge in [-0.1, -0.05) is 30.3 Å². The van der Waals surface area contributed by atoms with Crippen molar-refractivity contribution in [3.05, 3.63) is 47.8 Å². The van der Waals surface area contributed by atoms with Gasteiger partial charge in [-0.2, -0.15) is 8.42 Å². The normalized spacial score (nSPS) is 12.8. The van der Waals surface area contributed by atoms with Crippen LogP contribution < -0.4 is 5.32 Å². The smallest absolute Gasteiger partial charge is 0.327 e. The molecule has 0 fully saturated rings. The average Bonchev–Trinajstić information content (AvgIpc) is 2.44. The molecule has 0 saturated heterocycles. The lowest BCUT2D eigenvalue weighted by Gasteiger charge is -2.14. The number of benzene rings is 2. The Morgan fingerprint density at radius 1 is 1.17 bits per heavy atom. The first kappa shape index (κ1) is 16.8. The van der Waals surface area contributed by atoms with E-state index in [-0.39, 0.29) is 5.39 Å². The number of carbonyl (C=O) groups is 2. The molecule has 2 aromatic carbocycles. The molecule has 0 saturated carbocycles. The fraction of sp³-hybridized carbons (Fsp3) is 0.143. The summed E-state index contributed by atoms with van der Waals surface area (Å²) in [6.45, 7) is 0. The maximum Gasteiger partial charge on any atom is 0.327 e. The summed E-state index contributed by atoms with van der Waals surface area (Å²) in [6, 6.07) is 6.97. The van der Waals surface area contributed by atoms with Crippen LogP contribution in [-0.2, 0) is 14.9 Å². The van der Waals surface area contributed by atoms with Crippen LogP contribution in [0.1, 0.15) is 10.4 Å². The van der Waals surface area contributed by atoms with Gasteiger partial charge in [-0.3, -0.25) is 9.35 Å². The van der Waals surface area contributed by atoms with Gasteiger partial charge in [0, 0.05) is 0 Å². The topological polar surface area (TPSA) is 121 Å². The number of amides is 1. The first-order valence-electron chi connectivity index (χ1n) is 6.35. The summed E-state index contributed by atoms with van der Waals surface area (Å²) in [7, 11) is -4.64. The minimum Gasteiger partial charge on any atom is -0.480 e. The van der Waals surface area contributed by atoms with Gasteiger partial charge >= 0.3 is 5.97 Å². The largest absolute Gasteiger partial charge is 0.480 e. The summed E-state index contributed by atoms with van der Waals surface area (Å²) in [5, 5.41) is 11.6. The molecular formula is C14H12FNO6S. The number of rotatable bonds is 5. The zero-order valence-corrected chi connectivity index (χ0v) is 12.4. The third-order valence-electron chi connectivity index (χ3n) is 3.09. The second-order valence-electron chi connectivity index (χ2n) is 4.76. The van der Waals surface area contributed by atoms with Crippen molar-refractivity contribution in [3.8, 4) is 0 Å². The van der Waals surface area contributed by atoms with Crippen LogP contribution in [0.5, 0.6) is 0 Å². The molecule has 0 heterocycles. The second-order valence-corrected chi connectivity index (χ2v) is 6.25. The molecule has 0 aliphatic heterocycles. The quantitative estimate of drug-likeness (QED) is 0.699. The highest BCUT2D eigenvalue weighted by molar-refractivity contribution is 7.85. The predicted octanol–water partition coefficient (Wildman–Crippen LogP) is 1.05. The summed E-state index contributed by atoms with van der Waals surface area (Å²) >= 11 is 0. The lowest BCUT2D eigenvalue weighted by atomic mass is 10.0. The Kier molecular flexibility index (Phi) is 4.62. The van der Waals surface area contributed by atoms with Gasteiger partial charge in [-0.05, 0) is 16.8 Å². The third-order valence-corrected chi connectivity index (χ3v) is 3.84. The number of halogens is 1. The monoisotopic (exact) mass is 341 g/mol. The number of hydrogen-bond donors (Lipinski definition) is 3. The molecule has 0 bridgehead atoms. The van der Waals surface area contributed by atoms with Crippen molar-refractivity contribution in [1.29, 1.82) is 0 Å². The zero-order chi connectivity index (χ0) is 17.2. The van der Waals surface area contributed by atoms with Crippen molar-refractivity contribution in [3.63, 3.8) is 0 Å². The number of carboxylic acid groups (broad SMARTS) is 1. The standard InChI is InChI=1S/C14H12FNO6S/c15-10-6-5-8-3-1-2-4-9(8)12(10)13(17)16-11(14(18)19)7-23(20,21)22/h1-6,11H,7H2,(H,16,17)(H,18,19)(H,20,21,22)/t11-/m0/s1. The maximum absolute atomic E-state index is 14.0. The Bertz CT molecular complexity index is 880. The molecule has 0 spiro atoms. The van der Waals surface area contributed by atoms with Crippen molar-refractivity contribution in [1.82, 2.24) is 5.32 Å². The summed E-state index contributed by atoms with van der Waals surface area (Å²) in [5.74, 6) is -4.86. The fourth-order valence-electron chi connectivity index (χ4n) is 2.09. The molecule has 9 heteroatoms. The molecule has 1 atom stereocenters. The molecule has 2 rings (SSSR count). The van der Waals surface area contributed by atoms with E-state index in [1.165, 1.54) is 12.1 Å². The molecule has 0 aromatic heterocycles. The lowest BCUT2D eigenvalue weighted by Crippen LogP contribution is -2.45. The number of carbonyl (C=O) groups excluding carboxylic acids is 1. The van der Waals surface area contributed by atoms with Crippen LogP contribution in [0, 0.1) is 5.82 Å². The summed E-state index contributed by atoms with van der Waals surface area (Å²) in [4.78, 5) is 23.2. The first-order valence-corrected chi connectivity index (χ1v) is 7.96. The van der Waals surface area contributed by atoms with Crippen LogP contribution in [0.2, 0.25) is 0 Å². The Morgan fingerprint density at radius 3 is 2.43 bits per heavy atom. The predicted molar refractivity (Wildman–Crippen MR) is 79.2 cm³/mol. The fourth-order valence-corrected chi connectivity index (χ4v) is 2.74. The van der Waals surface area contributed by atoms with Gasteiger partial charge in [0.15, 0.2) is 0 Å². The van der Waals surface area contributed by atoms with Gasteiger partial charge in [-0.25, -0.2) is 9.18 Å². The molecule has 3 N–H and O–H groups in total. The van der Waals surface area contributed by atoms with Gasteiger partial charge in [0.25, 0.3) is 16.0 Å². The first-order chi connectivity index (χ1) is 10.7. The summed E-state index contributed by atoms with van der Waals surface area (Å²) < 4.78 is 44.3. The van der Waals surface area contributed by atoms with E-state index in [2.05, 4.69) is 0 Å². The lowest BCUT2D eigenvalue weighted by molar-refractivity contribution is -0.138. The van der Waals surface area contributed by atoms with Crippen LogP contribution >= 0.6 is 0 Å². The minimum atomic E-state index is -4.64. The van der Waals surface area contributed by atoms with Gasteiger partial charge < -0.3 is 10.4 Å². The molecule has 23 heavy (non-hydrogen) atoms. The van der Waals surface area contributed by atoms with Crippen molar-refractivity contribution in [2.24, 2.45) is 0 Å². The molecule has 7 nitrogen and oxygen atoms in total. The van der Waals surface area contributed by atoms with Crippen molar-refractivity contribution >= 4 is 32.8 Å². The summed E-state index contributed by atoms with van der Waals surface area (Å²) in [6.07, 6.45) is 0. The summed E-state index contributed by atoms with van der Waals surface area (Å²) in [5.41, 5.74) is -0.398. The molecule has 0 radical (unpaired) electrons. The highest BCUT2D eigenvalue weighted by Crippen LogP contribution is 2.21. The average molecular weight is 341 g/mol. The van der Waals surface area contributed by atoms with E-state index in [1.807, 2.05) is 5.32 Å². The molecule has 0 unspecified atom stereocenters. The van der Waals surface area contributed by atoms with Crippen LogP contribution in [0.3, 0.4) is 0 Å². The van der Waals surface area contributed by atoms with Crippen LogP contribution in [0.25, 0.3) is 10.8 Å². The van der Waals surface area contributed by atoms with Gasteiger partial charge in [0.05, 0.1) is 5.56 Å². The van der Waals surface area contributed by atoms with Crippen molar-refractivity contribution < 1.29 is 32.1 Å². The number of hydrogen-bond acceptors (Lipinski definition) is 4.